The van der Waals surface area contributed by atoms with Crippen molar-refractivity contribution in [1.29, 1.82) is 5.41 Å². The number of nitrogens with two attached hydrogens (primary N) is 3. The normalized spacial score (nSPS) is 15.7. The minimum atomic E-state index is -2.03. The van der Waals surface area contributed by atoms with Crippen molar-refractivity contribution in [2.75, 3.05) is 26.4 Å². The summed E-state index contributed by atoms with van der Waals surface area (Å²) >= 11 is 0. The number of carboxylic acid groups (broad SMARTS) is 2. The number of fused-ring (bicyclic) bond motifs is 1. The summed E-state index contributed by atoms with van der Waals surface area (Å²) in [6, 6.07) is -17.3. The molecule has 29 N–H and O–H groups in total. The number of carbonyl (C=O) groups is 17. The van der Waals surface area contributed by atoms with E-state index in [2.05, 4.69) is 84.7 Å². The Kier molecular flexibility index (Phi) is 43.8. The predicted molar refractivity (Wildman–Crippen MR) is 421 cm³/mol. The van der Waals surface area contributed by atoms with E-state index in [1.165, 1.54) is 34.6 Å². The van der Waals surface area contributed by atoms with E-state index in [4.69, 9.17) is 22.6 Å². The third kappa shape index (κ3) is 35.4. The molecule has 43 heteroatoms. The number of rotatable bonds is 53. The number of para-hydroxylation sites is 1. The average molecular weight is 1660 g/mol. The van der Waals surface area contributed by atoms with Gasteiger partial charge in [-0.3, -0.25) is 82.1 Å². The van der Waals surface area contributed by atoms with Crippen LogP contribution in [-0.4, -0.2) is 265 Å². The Bertz CT molecular complexity index is 3760. The van der Waals surface area contributed by atoms with E-state index in [1.807, 2.05) is 0 Å². The fourth-order valence-corrected chi connectivity index (χ4v) is 11.6. The lowest BCUT2D eigenvalue weighted by Crippen LogP contribution is -2.62. The maximum Gasteiger partial charge on any atom is 0.326 e. The first kappa shape index (κ1) is 102. The number of carbonyl (C=O) groups excluding carboxylic acids is 15. The molecule has 0 saturated carbocycles. The molecule has 656 valence electrons. The SMILES string of the molecule is CC[C@H](C)[C@H](N)C(=O)N[C@H](C(=O)N[C@@H](CO)C(=O)N[C@@H](Cc1c[nH]c2ccccc12)C(=O)N[C@@H](C)C(=O)N[C@@H](CO)C(=O)N[C@@H](CC(C)C)C(=O)N[C@@H](CC(=O)O)C(=O)N[C@@H](CCCNC(=N)N)C(=O)N[C@@H](CC(C)C)C(=O)N[C@H](C(=O)N[C@@H](C)C(=O)N[C@@H](CO)C(=O)N[C@@H](CCC(N)=O)C(=O)N[C@@H](CC(C)C)C(=O)O)C(C)C)[C@@H](C)O. The Morgan fingerprint density at radius 2 is 0.821 bits per heavy atom. The van der Waals surface area contributed by atoms with Crippen molar-refractivity contribution in [3.63, 3.8) is 0 Å². The fraction of sp³-hybridized carbons (Fsp3) is 0.649. The number of primary amides is 1. The minimum Gasteiger partial charge on any atom is -0.481 e. The van der Waals surface area contributed by atoms with Crippen LogP contribution in [0.4, 0.5) is 0 Å². The van der Waals surface area contributed by atoms with Crippen LogP contribution in [-0.2, 0) is 87.9 Å². The van der Waals surface area contributed by atoms with Crippen LogP contribution in [0.5, 0.6) is 0 Å². The maximum atomic E-state index is 14.5. The lowest BCUT2D eigenvalue weighted by atomic mass is 9.98. The van der Waals surface area contributed by atoms with Crippen LogP contribution in [0.2, 0.25) is 0 Å². The number of hydrogen-bond acceptors (Lipinski definition) is 23. The molecular formula is C74H122N20O23. The van der Waals surface area contributed by atoms with Crippen LogP contribution < -0.4 is 97.0 Å². The second kappa shape index (κ2) is 50.3. The Morgan fingerprint density at radius 1 is 0.444 bits per heavy atom. The van der Waals surface area contributed by atoms with Crippen molar-refractivity contribution in [3.8, 4) is 0 Å². The van der Waals surface area contributed by atoms with Crippen LogP contribution in [0.25, 0.3) is 10.9 Å². The van der Waals surface area contributed by atoms with Gasteiger partial charge >= 0.3 is 11.9 Å². The third-order valence-corrected chi connectivity index (χ3v) is 18.5. The second-order valence-electron chi connectivity index (χ2n) is 30.4. The maximum absolute atomic E-state index is 14.5. The zero-order chi connectivity index (χ0) is 89.0. The molecule has 1 aromatic carbocycles. The van der Waals surface area contributed by atoms with E-state index < -0.39 is 254 Å². The molecule has 0 aliphatic heterocycles. The van der Waals surface area contributed by atoms with Gasteiger partial charge in [0, 0.05) is 36.5 Å². The zero-order valence-corrected chi connectivity index (χ0v) is 68.3. The minimum absolute atomic E-state index is 0.00543. The third-order valence-electron chi connectivity index (χ3n) is 18.5. The Hall–Kier alpha value is -11.2. The molecular weight excluding hydrogens is 1540 g/mol. The number of aliphatic hydroxyl groups is 4. The molecule has 1 heterocycles. The molecule has 0 aliphatic carbocycles. The van der Waals surface area contributed by atoms with Gasteiger partial charge in [-0.2, -0.15) is 0 Å². The van der Waals surface area contributed by atoms with Crippen molar-refractivity contribution in [1.82, 2.24) is 84.7 Å². The van der Waals surface area contributed by atoms with E-state index in [9.17, 15) is 112 Å². The van der Waals surface area contributed by atoms with Crippen molar-refractivity contribution < 1.29 is 112 Å². The highest BCUT2D eigenvalue weighted by molar-refractivity contribution is 6.01. The number of hydrogen-bond donors (Lipinski definition) is 26. The van der Waals surface area contributed by atoms with Gasteiger partial charge in [0.2, 0.25) is 88.6 Å². The summed E-state index contributed by atoms with van der Waals surface area (Å²) < 4.78 is 0. The second-order valence-corrected chi connectivity index (χ2v) is 30.4. The topological polar surface area (TPSA) is 710 Å². The number of benzene rings is 1. The number of aliphatic carboxylic acids is 2. The molecule has 0 unspecified atom stereocenters. The monoisotopic (exact) mass is 1660 g/mol. The van der Waals surface area contributed by atoms with Crippen molar-refractivity contribution >= 4 is 117 Å². The number of aliphatic hydroxyl groups excluding tert-OH is 4. The number of aromatic amines is 1. The molecule has 0 spiro atoms. The molecule has 15 amide bonds. The van der Waals surface area contributed by atoms with Crippen LogP contribution in [0.3, 0.4) is 0 Å². The molecule has 17 atom stereocenters. The lowest BCUT2D eigenvalue weighted by Gasteiger charge is -2.29. The number of H-pyrrole nitrogens is 1. The Labute approximate surface area is 677 Å². The van der Waals surface area contributed by atoms with E-state index in [0.29, 0.717) is 22.9 Å². The number of carboxylic acids is 2. The summed E-state index contributed by atoms with van der Waals surface area (Å²) in [7, 11) is 0. The molecule has 2 rings (SSSR count). The Balaban J connectivity index is 2.41. The van der Waals surface area contributed by atoms with E-state index in [1.54, 1.807) is 85.9 Å². The van der Waals surface area contributed by atoms with Gasteiger partial charge in [-0.15, -0.1) is 0 Å². The quantitative estimate of drug-likeness (QED) is 0.0166. The van der Waals surface area contributed by atoms with Crippen LogP contribution in [0.15, 0.2) is 30.5 Å². The number of aromatic nitrogens is 1. The molecule has 2 aromatic rings. The summed E-state index contributed by atoms with van der Waals surface area (Å²) in [4.78, 5) is 233. The predicted octanol–water partition coefficient (Wildman–Crippen LogP) is -6.85. The molecule has 0 bridgehead atoms. The summed E-state index contributed by atoms with van der Waals surface area (Å²) in [5.74, 6) is -21.5. The van der Waals surface area contributed by atoms with Crippen molar-refractivity contribution in [2.45, 2.75) is 251 Å². The first-order valence-corrected chi connectivity index (χ1v) is 38.6. The number of nitrogens with one attached hydrogen (secondary N) is 17. The van der Waals surface area contributed by atoms with Crippen molar-refractivity contribution in [2.24, 2.45) is 46.8 Å². The first-order chi connectivity index (χ1) is 54.7. The number of guanidine groups is 1. The van der Waals surface area contributed by atoms with Gasteiger partial charge in [-0.25, -0.2) is 4.79 Å². The smallest absolute Gasteiger partial charge is 0.326 e. The molecule has 0 aliphatic rings. The van der Waals surface area contributed by atoms with E-state index >= 15 is 0 Å². The lowest BCUT2D eigenvalue weighted by molar-refractivity contribution is -0.143. The van der Waals surface area contributed by atoms with Crippen LogP contribution in [0, 0.1) is 35.0 Å². The summed E-state index contributed by atoms with van der Waals surface area (Å²) in [6.07, 6.45) is -2.47. The van der Waals surface area contributed by atoms with Gasteiger partial charge in [0.15, 0.2) is 5.96 Å². The average Bonchev–Trinajstić information content (AvgIpc) is 1.68. The van der Waals surface area contributed by atoms with Gasteiger partial charge in [0.05, 0.1) is 38.4 Å². The van der Waals surface area contributed by atoms with E-state index in [-0.39, 0.29) is 62.8 Å². The van der Waals surface area contributed by atoms with E-state index in [0.717, 1.165) is 0 Å². The standard InChI is InChI=1S/C74H122N20O23/c1-14-37(10)56(76)70(113)94-58(40(13)98)72(115)92-53(32-97)69(112)87-48(27-41-29-80-43-19-16-15-18-42(41)43)63(106)81-38(11)59(102)91-52(31-96)68(111)86-46(24-33(2)3)64(107)88-49(28-55(100)101)65(108)83-44(20-17-23-79-74(77)78)61(104)85-47(25-34(4)5)66(109)93-57(36(8)9)71(114)82-39(12)60(103)90-51(30-95)67(110)84-45(21-22-54(75)99)62(105)89-50(73(116)117)26-35(6)7/h15-16,18-19,29,33-40,44-53,56-58,80,95-98H,14,17,20-28,30-32,76H2,1-13H3,(H2,75,99)(H,81,106)(H,82,114)(H,83,108)(H,84,110)(H,85,104)(H,86,111)(H,87,112)(H,88,107)(H,89,105)(H,90,103)(H,91,102)(H,92,115)(H,93,109)(H,94,113)(H,100,101)(H,116,117)(H4,77,78,79)/t37-,38-,39-,40+,44-,45-,46-,47-,48-,49-,50-,51-,52-,53-,56-,57-,58-/m0/s1. The van der Waals surface area contributed by atoms with Gasteiger partial charge in [0.1, 0.15) is 84.6 Å². The van der Waals surface area contributed by atoms with Crippen molar-refractivity contribution in [3.05, 3.63) is 36.0 Å². The summed E-state index contributed by atoms with van der Waals surface area (Å²) in [5.41, 5.74) is 17.9. The Morgan fingerprint density at radius 3 is 1.26 bits per heavy atom. The molecule has 0 radical (unpaired) electrons. The summed E-state index contributed by atoms with van der Waals surface area (Å²) in [6.45, 7) is 16.7. The highest BCUT2D eigenvalue weighted by Crippen LogP contribution is 2.21. The van der Waals surface area contributed by atoms with Crippen LogP contribution >= 0.6 is 0 Å². The van der Waals surface area contributed by atoms with Gasteiger partial charge in [-0.1, -0.05) is 93.9 Å². The zero-order valence-electron chi connectivity index (χ0n) is 68.3. The largest absolute Gasteiger partial charge is 0.481 e. The molecule has 0 fully saturated rings. The molecule has 117 heavy (non-hydrogen) atoms. The molecule has 0 saturated heterocycles. The van der Waals surface area contributed by atoms with Gasteiger partial charge in [-0.05, 0) is 101 Å². The summed E-state index contributed by atoms with van der Waals surface area (Å²) in [5, 5.41) is 105. The molecule has 43 nitrogen and oxygen atoms in total. The number of amides is 15. The highest BCUT2D eigenvalue weighted by Gasteiger charge is 2.40. The van der Waals surface area contributed by atoms with Crippen LogP contribution in [0.1, 0.15) is 153 Å². The molecule has 1 aromatic heterocycles. The first-order valence-electron chi connectivity index (χ1n) is 38.6. The highest BCUT2D eigenvalue weighted by atomic mass is 16.4. The fourth-order valence-electron chi connectivity index (χ4n) is 11.6. The van der Waals surface area contributed by atoms with Gasteiger partial charge < -0.3 is 133 Å². The van der Waals surface area contributed by atoms with Gasteiger partial charge in [0.25, 0.3) is 0 Å².